The van der Waals surface area contributed by atoms with Crippen molar-refractivity contribution in [2.75, 3.05) is 13.7 Å². The lowest BCUT2D eigenvalue weighted by Gasteiger charge is -2.37. The molecule has 3 atom stereocenters. The van der Waals surface area contributed by atoms with E-state index in [1.807, 2.05) is 6.08 Å². The van der Waals surface area contributed by atoms with E-state index >= 15 is 0 Å². The van der Waals surface area contributed by atoms with Crippen LogP contribution in [-0.2, 0) is 22.2 Å². The normalized spacial score (nSPS) is 21.7. The van der Waals surface area contributed by atoms with Gasteiger partial charge in [0.05, 0.1) is 19.2 Å². The minimum atomic E-state index is -4.67. The maximum atomic E-state index is 14.2. The first-order chi connectivity index (χ1) is 18.0. The summed E-state index contributed by atoms with van der Waals surface area (Å²) in [6.45, 7) is 5.42. The third kappa shape index (κ3) is 5.47. The Kier molecular flexibility index (Phi) is 7.95. The minimum Gasteiger partial charge on any atom is -0.497 e. The van der Waals surface area contributed by atoms with Gasteiger partial charge in [-0.1, -0.05) is 31.9 Å². The Labute approximate surface area is 220 Å². The molecule has 2 aromatic carbocycles. The van der Waals surface area contributed by atoms with Gasteiger partial charge < -0.3 is 19.5 Å². The number of amides is 1. The molecule has 0 saturated carbocycles. The molecule has 4 rings (SSSR count). The first-order valence-electron chi connectivity index (χ1n) is 13.0. The van der Waals surface area contributed by atoms with Crippen LogP contribution in [0, 0.1) is 5.92 Å². The monoisotopic (exact) mass is 533 g/mol. The number of nitrogens with zero attached hydrogens (tertiary/aromatic N) is 1. The van der Waals surface area contributed by atoms with Crippen LogP contribution in [0.4, 0.5) is 13.2 Å². The molecule has 38 heavy (non-hydrogen) atoms. The van der Waals surface area contributed by atoms with Crippen molar-refractivity contribution in [3.63, 3.8) is 0 Å². The molecule has 0 radical (unpaired) electrons. The number of fused-ring (bicyclic) bond motifs is 3. The summed E-state index contributed by atoms with van der Waals surface area (Å²) in [4.78, 5) is 26.8. The largest absolute Gasteiger partial charge is 0.497 e. The average Bonchev–Trinajstić information content (AvgIpc) is 3.25. The van der Waals surface area contributed by atoms with Crippen molar-refractivity contribution in [2.45, 2.75) is 76.1 Å². The van der Waals surface area contributed by atoms with Gasteiger partial charge in [-0.2, -0.15) is 13.2 Å². The third-order valence-electron chi connectivity index (χ3n) is 7.79. The smallest absolute Gasteiger partial charge is 0.419 e. The number of carboxylic acid groups (broad SMARTS) is 1. The number of hydrogen-bond acceptors (Lipinski definition) is 4. The van der Waals surface area contributed by atoms with Gasteiger partial charge in [-0.15, -0.1) is 6.58 Å². The number of likely N-dealkylation sites (tertiary alicyclic amines) is 1. The summed E-state index contributed by atoms with van der Waals surface area (Å²) < 4.78 is 53.9. The summed E-state index contributed by atoms with van der Waals surface area (Å²) in [5, 5.41) is 11.0. The highest BCUT2D eigenvalue weighted by atomic mass is 19.4. The lowest BCUT2D eigenvalue weighted by Crippen LogP contribution is -2.46. The molecule has 1 amide bonds. The Morgan fingerprint density at radius 2 is 2.05 bits per heavy atom. The molecule has 0 aromatic heterocycles. The number of aliphatic carboxylic acids is 1. The van der Waals surface area contributed by atoms with Crippen molar-refractivity contribution >= 4 is 22.6 Å². The maximum absolute atomic E-state index is 14.2. The van der Waals surface area contributed by atoms with E-state index < -0.39 is 35.3 Å². The van der Waals surface area contributed by atoms with Gasteiger partial charge in [0, 0.05) is 17.9 Å². The highest BCUT2D eigenvalue weighted by Crippen LogP contribution is 2.49. The number of allylic oxidation sites excluding steroid dienone is 1. The minimum absolute atomic E-state index is 0.0590. The number of methoxy groups -OCH3 is 1. The molecular formula is C29H34F3NO5. The summed E-state index contributed by atoms with van der Waals surface area (Å²) in [5.74, 6) is -1.64. The van der Waals surface area contributed by atoms with Crippen LogP contribution in [0.3, 0.4) is 0 Å². The molecule has 2 aliphatic heterocycles. The van der Waals surface area contributed by atoms with Crippen molar-refractivity contribution in [3.8, 4) is 11.5 Å². The van der Waals surface area contributed by atoms with Gasteiger partial charge in [-0.25, -0.2) is 4.79 Å². The van der Waals surface area contributed by atoms with Gasteiger partial charge >= 0.3 is 12.1 Å². The number of carbonyl (C=O) groups excluding carboxylic acids is 1. The van der Waals surface area contributed by atoms with Crippen molar-refractivity contribution in [1.82, 2.24) is 4.90 Å². The first-order valence-corrected chi connectivity index (χ1v) is 13.0. The van der Waals surface area contributed by atoms with Crippen molar-refractivity contribution in [1.29, 1.82) is 0 Å². The Morgan fingerprint density at radius 3 is 2.71 bits per heavy atom. The topological polar surface area (TPSA) is 76.1 Å². The predicted octanol–water partition coefficient (Wildman–Crippen LogP) is 6.39. The number of rotatable bonds is 9. The molecule has 206 valence electrons. The number of benzene rings is 2. The van der Waals surface area contributed by atoms with Gasteiger partial charge in [-0.3, -0.25) is 4.79 Å². The molecular weight excluding hydrogens is 499 g/mol. The second-order valence-corrected chi connectivity index (χ2v) is 10.5. The van der Waals surface area contributed by atoms with Gasteiger partial charge in [0.15, 0.2) is 0 Å². The van der Waals surface area contributed by atoms with Crippen LogP contribution in [0.5, 0.6) is 11.5 Å². The fourth-order valence-corrected chi connectivity index (χ4v) is 5.73. The number of halogens is 3. The first kappa shape index (κ1) is 27.8. The highest BCUT2D eigenvalue weighted by molar-refractivity contribution is 5.91. The molecule has 9 heteroatoms. The van der Waals surface area contributed by atoms with E-state index in [-0.39, 0.29) is 31.0 Å². The van der Waals surface area contributed by atoms with E-state index in [1.54, 1.807) is 25.1 Å². The zero-order valence-corrected chi connectivity index (χ0v) is 21.8. The number of ether oxygens (including phenoxy) is 2. The quantitative estimate of drug-likeness (QED) is 0.299. The van der Waals surface area contributed by atoms with Gasteiger partial charge in [0.25, 0.3) is 0 Å². The summed E-state index contributed by atoms with van der Waals surface area (Å²) in [7, 11) is 1.49. The summed E-state index contributed by atoms with van der Waals surface area (Å²) in [6, 6.07) is 4.80. The zero-order chi connectivity index (χ0) is 27.7. The average molecular weight is 534 g/mol. The molecule has 6 nitrogen and oxygen atoms in total. The highest BCUT2D eigenvalue weighted by Gasteiger charge is 2.53. The van der Waals surface area contributed by atoms with Crippen LogP contribution in [0.2, 0.25) is 0 Å². The molecule has 1 saturated heterocycles. The predicted molar refractivity (Wildman–Crippen MR) is 137 cm³/mol. The fraction of sp³-hybridized carbons (Fsp3) is 0.517. The fourth-order valence-electron chi connectivity index (χ4n) is 5.73. The summed E-state index contributed by atoms with van der Waals surface area (Å²) in [5.41, 5.74) is -1.68. The number of carbonyl (C=O) groups is 2. The molecule has 2 heterocycles. The van der Waals surface area contributed by atoms with Gasteiger partial charge in [0.2, 0.25) is 5.91 Å². The Morgan fingerprint density at radius 1 is 1.29 bits per heavy atom. The van der Waals surface area contributed by atoms with Gasteiger partial charge in [-0.05, 0) is 61.1 Å². The van der Waals surface area contributed by atoms with Crippen LogP contribution in [0.15, 0.2) is 36.9 Å². The number of carboxylic acids is 1. The third-order valence-corrected chi connectivity index (χ3v) is 7.79. The second-order valence-electron chi connectivity index (χ2n) is 10.5. The van der Waals surface area contributed by atoms with Crippen molar-refractivity contribution in [2.24, 2.45) is 5.92 Å². The van der Waals surface area contributed by atoms with E-state index in [0.29, 0.717) is 34.9 Å². The number of unbranched alkanes of at least 4 members (excludes halogenated alkanes) is 3. The maximum Gasteiger partial charge on any atom is 0.419 e. The second kappa shape index (κ2) is 10.9. The lowest BCUT2D eigenvalue weighted by molar-refractivity contribution is -0.149. The van der Waals surface area contributed by atoms with Gasteiger partial charge in [0.1, 0.15) is 23.1 Å². The van der Waals surface area contributed by atoms with Crippen LogP contribution in [0.25, 0.3) is 10.8 Å². The SMILES string of the molecule is C=CCCCCC[C@H](C)C(=O)N1C[C@@]2(CCc3c(c(C(F)(F)F)cc4ccc(OC)cc34)O2)C[C@H]1C(=O)O. The number of hydrogen-bond donors (Lipinski definition) is 1. The molecule has 1 spiro atoms. The van der Waals surface area contributed by atoms with Crippen LogP contribution >= 0.6 is 0 Å². The summed E-state index contributed by atoms with van der Waals surface area (Å²) >= 11 is 0. The molecule has 0 bridgehead atoms. The Balaban J connectivity index is 1.63. The van der Waals surface area contributed by atoms with E-state index in [2.05, 4.69) is 6.58 Å². The molecule has 2 aromatic rings. The zero-order valence-electron chi connectivity index (χ0n) is 21.8. The van der Waals surface area contributed by atoms with Crippen molar-refractivity contribution in [3.05, 3.63) is 48.0 Å². The van der Waals surface area contributed by atoms with E-state index in [1.165, 1.54) is 12.0 Å². The Hall–Kier alpha value is -3.23. The molecule has 0 aliphatic carbocycles. The summed E-state index contributed by atoms with van der Waals surface area (Å²) in [6.07, 6.45) is 1.94. The van der Waals surface area contributed by atoms with Crippen LogP contribution < -0.4 is 9.47 Å². The number of alkyl halides is 3. The standard InChI is InChI=1S/C29H34F3NO5/c1-4-5-6-7-8-9-18(2)26(34)33-17-28(16-24(33)27(35)36)13-12-21-22-15-20(37-3)11-10-19(22)14-23(25(21)38-28)29(30,31)32/h4,10-11,14-15,18,24H,1,5-9,12-13,16-17H2,2-3H3,(H,35,36)/t18-,24-,28+/m0/s1. The van der Waals surface area contributed by atoms with Crippen LogP contribution in [-0.4, -0.2) is 47.2 Å². The molecule has 1 N–H and O–H groups in total. The van der Waals surface area contributed by atoms with E-state index in [0.717, 1.165) is 31.7 Å². The van der Waals surface area contributed by atoms with E-state index in [9.17, 15) is 27.9 Å². The van der Waals surface area contributed by atoms with Crippen molar-refractivity contribution < 1.29 is 37.3 Å². The van der Waals surface area contributed by atoms with Crippen LogP contribution in [0.1, 0.15) is 63.0 Å². The number of aryl methyl sites for hydroxylation is 1. The lowest BCUT2D eigenvalue weighted by atomic mass is 9.85. The molecule has 0 unspecified atom stereocenters. The van der Waals surface area contributed by atoms with E-state index in [4.69, 9.17) is 9.47 Å². The molecule has 1 fully saturated rings. The Bertz CT molecular complexity index is 1230. The molecule has 2 aliphatic rings.